The maximum Gasteiger partial charge on any atom is 0.195 e. The molecule has 0 saturated heterocycles. The van der Waals surface area contributed by atoms with Crippen molar-refractivity contribution in [1.82, 2.24) is 0 Å². The predicted octanol–water partition coefficient (Wildman–Crippen LogP) is 4.39. The number of hydrogen-bond donors (Lipinski definition) is 1. The van der Waals surface area contributed by atoms with Gasteiger partial charge in [-0.15, -0.1) is 0 Å². The van der Waals surface area contributed by atoms with Crippen LogP contribution in [-0.2, 0) is 0 Å². The van der Waals surface area contributed by atoms with Gasteiger partial charge < -0.3 is 5.73 Å². The van der Waals surface area contributed by atoms with Crippen LogP contribution in [0.1, 0.15) is 38.2 Å². The van der Waals surface area contributed by atoms with Crippen LogP contribution in [0.4, 0.5) is 5.69 Å². The molecule has 0 atom stereocenters. The molecule has 0 radical (unpaired) electrons. The molecule has 2 rings (SSSR count). The van der Waals surface area contributed by atoms with E-state index in [-0.39, 0.29) is 5.78 Å². The number of nitrogen functional groups attached to an aromatic ring is 1. The molecule has 0 unspecified atom stereocenters. The normalized spacial score (nSPS) is 10.7. The van der Waals surface area contributed by atoms with Gasteiger partial charge in [0.1, 0.15) is 0 Å². The highest BCUT2D eigenvalue weighted by molar-refractivity contribution is 6.31. The van der Waals surface area contributed by atoms with Crippen molar-refractivity contribution in [1.29, 1.82) is 0 Å². The van der Waals surface area contributed by atoms with Crippen LogP contribution in [-0.4, -0.2) is 5.78 Å². The molecule has 2 aromatic carbocycles. The van der Waals surface area contributed by atoms with E-state index in [4.69, 9.17) is 17.3 Å². The Kier molecular flexibility index (Phi) is 3.87. The molecular weight excluding hydrogens is 270 g/mol. The Morgan fingerprint density at radius 2 is 1.55 bits per heavy atom. The van der Waals surface area contributed by atoms with Crippen molar-refractivity contribution in [2.24, 2.45) is 0 Å². The molecule has 0 fully saturated rings. The summed E-state index contributed by atoms with van der Waals surface area (Å²) in [5.41, 5.74) is 11.8. The van der Waals surface area contributed by atoms with Gasteiger partial charge in [0.2, 0.25) is 0 Å². The molecule has 2 aromatic rings. The first-order valence-electron chi connectivity index (χ1n) is 6.50. The lowest BCUT2D eigenvalue weighted by molar-refractivity contribution is 0.103. The molecule has 104 valence electrons. The second-order valence-corrected chi connectivity index (χ2v) is 5.63. The second kappa shape index (κ2) is 5.29. The van der Waals surface area contributed by atoms with E-state index in [1.54, 1.807) is 18.2 Å². The Morgan fingerprint density at radius 1 is 1.00 bits per heavy atom. The van der Waals surface area contributed by atoms with Gasteiger partial charge in [-0.2, -0.15) is 0 Å². The van der Waals surface area contributed by atoms with Crippen LogP contribution in [0.25, 0.3) is 0 Å². The fourth-order valence-electron chi connectivity index (χ4n) is 2.43. The summed E-state index contributed by atoms with van der Waals surface area (Å²) in [5, 5.41) is 0.535. The van der Waals surface area contributed by atoms with Crippen molar-refractivity contribution in [3.8, 4) is 0 Å². The molecule has 20 heavy (non-hydrogen) atoms. The van der Waals surface area contributed by atoms with Crippen molar-refractivity contribution in [2.75, 3.05) is 5.73 Å². The SMILES string of the molecule is Cc1cc(C)c(C)c(C(=O)c2ccc(Cl)cc2N)c1C. The average molecular weight is 288 g/mol. The second-order valence-electron chi connectivity index (χ2n) is 5.20. The number of nitrogens with two attached hydrogens (primary N) is 1. The molecule has 2 N–H and O–H groups in total. The standard InChI is InChI=1S/C17H18ClNO/c1-9-7-10(2)12(4)16(11(9)3)17(20)14-6-5-13(18)8-15(14)19/h5-8H,19H2,1-4H3. The van der Waals surface area contributed by atoms with Crippen molar-refractivity contribution >= 4 is 23.1 Å². The molecule has 0 saturated carbocycles. The molecule has 0 aliphatic carbocycles. The van der Waals surface area contributed by atoms with Crippen LogP contribution < -0.4 is 5.73 Å². The predicted molar refractivity (Wildman–Crippen MR) is 84.7 cm³/mol. The summed E-state index contributed by atoms with van der Waals surface area (Å²) in [5.74, 6) is -0.0408. The highest BCUT2D eigenvalue weighted by Crippen LogP contribution is 2.27. The topological polar surface area (TPSA) is 43.1 Å². The third kappa shape index (κ3) is 2.44. The highest BCUT2D eigenvalue weighted by Gasteiger charge is 2.19. The monoisotopic (exact) mass is 287 g/mol. The van der Waals surface area contributed by atoms with E-state index >= 15 is 0 Å². The Morgan fingerprint density at radius 3 is 2.05 bits per heavy atom. The molecular formula is C17H18ClNO. The molecule has 0 bridgehead atoms. The molecule has 3 heteroatoms. The van der Waals surface area contributed by atoms with E-state index in [1.165, 1.54) is 0 Å². The lowest BCUT2D eigenvalue weighted by Crippen LogP contribution is -2.11. The van der Waals surface area contributed by atoms with Gasteiger partial charge in [-0.1, -0.05) is 17.7 Å². The van der Waals surface area contributed by atoms with Crippen LogP contribution in [0.5, 0.6) is 0 Å². The minimum Gasteiger partial charge on any atom is -0.398 e. The average Bonchev–Trinajstić information content (AvgIpc) is 2.36. The van der Waals surface area contributed by atoms with Gasteiger partial charge in [0.15, 0.2) is 5.78 Å². The molecule has 0 aliphatic rings. The number of hydrogen-bond acceptors (Lipinski definition) is 2. The minimum absolute atomic E-state index is 0.0408. The summed E-state index contributed by atoms with van der Waals surface area (Å²) < 4.78 is 0. The van der Waals surface area contributed by atoms with E-state index in [0.717, 1.165) is 27.8 Å². The maximum atomic E-state index is 12.8. The molecule has 0 amide bonds. The fourth-order valence-corrected chi connectivity index (χ4v) is 2.61. The number of halogens is 1. The van der Waals surface area contributed by atoms with Crippen LogP contribution in [0.2, 0.25) is 5.02 Å². The summed E-state index contributed by atoms with van der Waals surface area (Å²) in [6.45, 7) is 7.98. The number of benzene rings is 2. The number of aryl methyl sites for hydroxylation is 2. The Hall–Kier alpha value is -1.80. The van der Waals surface area contributed by atoms with Crippen molar-refractivity contribution in [3.63, 3.8) is 0 Å². The highest BCUT2D eigenvalue weighted by atomic mass is 35.5. The van der Waals surface area contributed by atoms with Crippen molar-refractivity contribution in [2.45, 2.75) is 27.7 Å². The summed E-state index contributed by atoms with van der Waals surface area (Å²) in [6.07, 6.45) is 0. The fraction of sp³-hybridized carbons (Fsp3) is 0.235. The zero-order chi connectivity index (χ0) is 15.0. The summed E-state index contributed by atoms with van der Waals surface area (Å²) >= 11 is 5.89. The van der Waals surface area contributed by atoms with Gasteiger partial charge in [-0.05, 0) is 68.1 Å². The number of rotatable bonds is 2. The molecule has 0 aliphatic heterocycles. The van der Waals surface area contributed by atoms with Crippen LogP contribution in [0, 0.1) is 27.7 Å². The minimum atomic E-state index is -0.0408. The molecule has 0 spiro atoms. The first-order valence-corrected chi connectivity index (χ1v) is 6.88. The van der Waals surface area contributed by atoms with Crippen LogP contribution in [0.15, 0.2) is 24.3 Å². The quantitative estimate of drug-likeness (QED) is 0.658. The van der Waals surface area contributed by atoms with Gasteiger partial charge in [-0.3, -0.25) is 4.79 Å². The number of carbonyl (C=O) groups is 1. The van der Waals surface area contributed by atoms with E-state index in [2.05, 4.69) is 6.07 Å². The zero-order valence-corrected chi connectivity index (χ0v) is 12.9. The van der Waals surface area contributed by atoms with E-state index in [9.17, 15) is 4.79 Å². The van der Waals surface area contributed by atoms with Crippen molar-refractivity contribution in [3.05, 3.63) is 62.7 Å². The number of ketones is 1. The van der Waals surface area contributed by atoms with Gasteiger partial charge in [0, 0.05) is 21.8 Å². The largest absolute Gasteiger partial charge is 0.398 e. The first kappa shape index (κ1) is 14.6. The Labute approximate surface area is 124 Å². The number of carbonyl (C=O) groups excluding carboxylic acids is 1. The van der Waals surface area contributed by atoms with Gasteiger partial charge in [0.05, 0.1) is 0 Å². The van der Waals surface area contributed by atoms with Gasteiger partial charge >= 0.3 is 0 Å². The first-order chi connectivity index (χ1) is 9.32. The maximum absolute atomic E-state index is 12.8. The van der Waals surface area contributed by atoms with Crippen LogP contribution >= 0.6 is 11.6 Å². The summed E-state index contributed by atoms with van der Waals surface area (Å²) in [6, 6.07) is 7.10. The number of anilines is 1. The summed E-state index contributed by atoms with van der Waals surface area (Å²) in [7, 11) is 0. The molecule has 0 heterocycles. The molecule has 0 aromatic heterocycles. The van der Waals surface area contributed by atoms with E-state index < -0.39 is 0 Å². The van der Waals surface area contributed by atoms with Crippen molar-refractivity contribution < 1.29 is 4.79 Å². The molecule has 2 nitrogen and oxygen atoms in total. The third-order valence-electron chi connectivity index (χ3n) is 3.85. The van der Waals surface area contributed by atoms with Gasteiger partial charge in [0.25, 0.3) is 0 Å². The lowest BCUT2D eigenvalue weighted by atomic mass is 9.89. The van der Waals surface area contributed by atoms with Gasteiger partial charge in [-0.25, -0.2) is 0 Å². The smallest absolute Gasteiger partial charge is 0.195 e. The Balaban J connectivity index is 2.65. The lowest BCUT2D eigenvalue weighted by Gasteiger charge is -2.15. The zero-order valence-electron chi connectivity index (χ0n) is 12.2. The van der Waals surface area contributed by atoms with E-state index in [1.807, 2.05) is 27.7 Å². The van der Waals surface area contributed by atoms with E-state index in [0.29, 0.717) is 16.3 Å². The summed E-state index contributed by atoms with van der Waals surface area (Å²) in [4.78, 5) is 12.8. The Bertz CT molecular complexity index is 678. The van der Waals surface area contributed by atoms with Crippen LogP contribution in [0.3, 0.4) is 0 Å². The third-order valence-corrected chi connectivity index (χ3v) is 4.09.